The van der Waals surface area contributed by atoms with Gasteiger partial charge in [0.2, 0.25) is 0 Å². The van der Waals surface area contributed by atoms with Gasteiger partial charge in [-0.2, -0.15) is 0 Å². The lowest BCUT2D eigenvalue weighted by Crippen LogP contribution is -2.40. The average molecular weight is 221 g/mol. The van der Waals surface area contributed by atoms with E-state index < -0.39 is 0 Å². The molecule has 1 aromatic rings. The summed E-state index contributed by atoms with van der Waals surface area (Å²) < 4.78 is 5.55. The Hall–Kier alpha value is -1.22. The second-order valence-electron chi connectivity index (χ2n) is 5.27. The lowest BCUT2D eigenvalue weighted by atomic mass is 9.96. The maximum absolute atomic E-state index is 9.90. The molecule has 1 atom stereocenters. The number of fused-ring (bicyclic) bond motifs is 1. The Kier molecular flexibility index (Phi) is 2.80. The fraction of sp³-hybridized carbons (Fsp3) is 0.538. The third-order valence-corrected chi connectivity index (χ3v) is 2.66. The minimum Gasteiger partial charge on any atom is -0.507 e. The summed E-state index contributed by atoms with van der Waals surface area (Å²) in [7, 11) is 0. The zero-order chi connectivity index (χ0) is 11.8. The van der Waals surface area contributed by atoms with Crippen LogP contribution >= 0.6 is 0 Å². The van der Waals surface area contributed by atoms with Crippen molar-refractivity contribution in [1.82, 2.24) is 5.32 Å². The molecule has 0 aromatic heterocycles. The summed E-state index contributed by atoms with van der Waals surface area (Å²) in [4.78, 5) is 0. The van der Waals surface area contributed by atoms with Crippen LogP contribution in [0.5, 0.6) is 11.5 Å². The monoisotopic (exact) mass is 221 g/mol. The molecule has 1 aromatic carbocycles. The highest BCUT2D eigenvalue weighted by atomic mass is 16.5. The van der Waals surface area contributed by atoms with Crippen molar-refractivity contribution < 1.29 is 9.84 Å². The van der Waals surface area contributed by atoms with Crippen LogP contribution < -0.4 is 10.1 Å². The molecule has 0 saturated heterocycles. The summed E-state index contributed by atoms with van der Waals surface area (Å²) in [6.07, 6.45) is 0.891. The smallest absolute Gasteiger partial charge is 0.127 e. The molecular weight excluding hydrogens is 202 g/mol. The zero-order valence-electron chi connectivity index (χ0n) is 10.1. The summed E-state index contributed by atoms with van der Waals surface area (Å²) in [5.74, 6) is 1.12. The second-order valence-corrected chi connectivity index (χ2v) is 5.27. The first-order valence-corrected chi connectivity index (χ1v) is 5.70. The summed E-state index contributed by atoms with van der Waals surface area (Å²) in [6, 6.07) is 5.61. The van der Waals surface area contributed by atoms with E-state index in [1.165, 1.54) is 0 Å². The first kappa shape index (κ1) is 11.3. The topological polar surface area (TPSA) is 41.5 Å². The van der Waals surface area contributed by atoms with Gasteiger partial charge in [0.05, 0.1) is 12.2 Å². The van der Waals surface area contributed by atoms with Gasteiger partial charge in [-0.1, -0.05) is 6.07 Å². The van der Waals surface area contributed by atoms with Gasteiger partial charge in [-0.05, 0) is 32.9 Å². The van der Waals surface area contributed by atoms with Crippen molar-refractivity contribution in [3.05, 3.63) is 23.8 Å². The molecule has 1 aliphatic heterocycles. The Bertz CT molecular complexity index is 382. The predicted octanol–water partition coefficient (Wildman–Crippen LogP) is 2.60. The maximum atomic E-state index is 9.90. The Morgan fingerprint density at radius 3 is 2.81 bits per heavy atom. The SMILES string of the molecule is CC(C)(C)NC1CCOc2cccc(O)c21. The minimum atomic E-state index is 0.0293. The highest BCUT2D eigenvalue weighted by Crippen LogP contribution is 2.38. The largest absolute Gasteiger partial charge is 0.507 e. The number of benzene rings is 1. The van der Waals surface area contributed by atoms with Crippen LogP contribution in [0.15, 0.2) is 18.2 Å². The average Bonchev–Trinajstić information content (AvgIpc) is 2.15. The van der Waals surface area contributed by atoms with E-state index in [-0.39, 0.29) is 11.6 Å². The van der Waals surface area contributed by atoms with E-state index >= 15 is 0 Å². The molecule has 2 rings (SSSR count). The molecule has 1 unspecified atom stereocenters. The molecule has 3 nitrogen and oxygen atoms in total. The van der Waals surface area contributed by atoms with Crippen LogP contribution in [0.25, 0.3) is 0 Å². The van der Waals surface area contributed by atoms with E-state index in [1.54, 1.807) is 6.07 Å². The van der Waals surface area contributed by atoms with E-state index in [0.29, 0.717) is 12.4 Å². The molecule has 0 aliphatic carbocycles. The van der Waals surface area contributed by atoms with Crippen LogP contribution in [0.1, 0.15) is 38.8 Å². The van der Waals surface area contributed by atoms with Gasteiger partial charge in [-0.25, -0.2) is 0 Å². The highest BCUT2D eigenvalue weighted by Gasteiger charge is 2.27. The molecular formula is C13H19NO2. The van der Waals surface area contributed by atoms with Crippen molar-refractivity contribution in [2.45, 2.75) is 38.8 Å². The number of aromatic hydroxyl groups is 1. The van der Waals surface area contributed by atoms with Crippen molar-refractivity contribution in [2.75, 3.05) is 6.61 Å². The molecule has 16 heavy (non-hydrogen) atoms. The fourth-order valence-electron chi connectivity index (χ4n) is 2.11. The maximum Gasteiger partial charge on any atom is 0.127 e. The number of hydrogen-bond acceptors (Lipinski definition) is 3. The Morgan fingerprint density at radius 2 is 2.12 bits per heavy atom. The molecule has 0 saturated carbocycles. The van der Waals surface area contributed by atoms with Gasteiger partial charge in [0.15, 0.2) is 0 Å². The second kappa shape index (κ2) is 3.98. The zero-order valence-corrected chi connectivity index (χ0v) is 10.1. The number of phenolic OH excluding ortho intramolecular Hbond substituents is 1. The molecule has 0 bridgehead atoms. The van der Waals surface area contributed by atoms with Gasteiger partial charge in [0.1, 0.15) is 11.5 Å². The molecule has 88 valence electrons. The number of ether oxygens (including phenoxy) is 1. The first-order chi connectivity index (χ1) is 7.47. The van der Waals surface area contributed by atoms with E-state index in [1.807, 2.05) is 12.1 Å². The summed E-state index contributed by atoms with van der Waals surface area (Å²) >= 11 is 0. The summed E-state index contributed by atoms with van der Waals surface area (Å²) in [5, 5.41) is 13.4. The molecule has 0 fully saturated rings. The molecule has 0 radical (unpaired) electrons. The molecule has 1 heterocycles. The van der Waals surface area contributed by atoms with E-state index in [9.17, 15) is 5.11 Å². The molecule has 0 amide bonds. The molecule has 0 spiro atoms. The van der Waals surface area contributed by atoms with Crippen LogP contribution in [-0.2, 0) is 0 Å². The van der Waals surface area contributed by atoms with Crippen LogP contribution in [0.2, 0.25) is 0 Å². The number of nitrogens with one attached hydrogen (secondary N) is 1. The lowest BCUT2D eigenvalue weighted by molar-refractivity contribution is 0.226. The molecule has 3 heteroatoms. The van der Waals surface area contributed by atoms with Gasteiger partial charge in [-0.15, -0.1) is 0 Å². The predicted molar refractivity (Wildman–Crippen MR) is 63.8 cm³/mol. The third kappa shape index (κ3) is 2.30. The summed E-state index contributed by atoms with van der Waals surface area (Å²) in [6.45, 7) is 7.08. The van der Waals surface area contributed by atoms with Crippen molar-refractivity contribution in [2.24, 2.45) is 0 Å². The van der Waals surface area contributed by atoms with Crippen LogP contribution in [0.4, 0.5) is 0 Å². The van der Waals surface area contributed by atoms with Crippen molar-refractivity contribution >= 4 is 0 Å². The van der Waals surface area contributed by atoms with Crippen molar-refractivity contribution in [3.8, 4) is 11.5 Å². The van der Waals surface area contributed by atoms with E-state index in [2.05, 4.69) is 26.1 Å². The normalized spacial score (nSPS) is 20.1. The van der Waals surface area contributed by atoms with Crippen LogP contribution in [0, 0.1) is 0 Å². The van der Waals surface area contributed by atoms with Gasteiger partial charge in [0, 0.05) is 18.0 Å². The Balaban J connectivity index is 2.32. The highest BCUT2D eigenvalue weighted by molar-refractivity contribution is 5.47. The Labute approximate surface area is 96.4 Å². The van der Waals surface area contributed by atoms with Gasteiger partial charge in [-0.3, -0.25) is 0 Å². The van der Waals surface area contributed by atoms with Gasteiger partial charge < -0.3 is 15.2 Å². The van der Waals surface area contributed by atoms with E-state index in [0.717, 1.165) is 17.7 Å². The van der Waals surface area contributed by atoms with Gasteiger partial charge >= 0.3 is 0 Å². The standard InChI is InChI=1S/C13H19NO2/c1-13(2,3)14-9-7-8-16-11-6-4-5-10(15)12(9)11/h4-6,9,14-15H,7-8H2,1-3H3. The van der Waals surface area contributed by atoms with Gasteiger partial charge in [0.25, 0.3) is 0 Å². The minimum absolute atomic E-state index is 0.0293. The molecule has 2 N–H and O–H groups in total. The van der Waals surface area contributed by atoms with E-state index in [4.69, 9.17) is 4.74 Å². The van der Waals surface area contributed by atoms with Crippen LogP contribution in [0.3, 0.4) is 0 Å². The first-order valence-electron chi connectivity index (χ1n) is 5.70. The van der Waals surface area contributed by atoms with Crippen molar-refractivity contribution in [1.29, 1.82) is 0 Å². The van der Waals surface area contributed by atoms with Crippen molar-refractivity contribution in [3.63, 3.8) is 0 Å². The van der Waals surface area contributed by atoms with Crippen LogP contribution in [-0.4, -0.2) is 17.3 Å². The third-order valence-electron chi connectivity index (χ3n) is 2.66. The number of hydrogen-bond donors (Lipinski definition) is 2. The lowest BCUT2D eigenvalue weighted by Gasteiger charge is -2.33. The fourth-order valence-corrected chi connectivity index (χ4v) is 2.11. The number of phenols is 1. The number of rotatable bonds is 1. The molecule has 1 aliphatic rings. The summed E-state index contributed by atoms with van der Waals surface area (Å²) in [5.41, 5.74) is 0.922. The Morgan fingerprint density at radius 1 is 1.38 bits per heavy atom. The quantitative estimate of drug-likeness (QED) is 0.766.